The molecule has 0 aliphatic carbocycles. The molecule has 5 aromatic carbocycles. The number of hydrogen-bond acceptors (Lipinski definition) is 6. The van der Waals surface area contributed by atoms with Crippen LogP contribution in [0.2, 0.25) is 0 Å². The Labute approximate surface area is 273 Å². The van der Waals surface area contributed by atoms with Crippen molar-refractivity contribution in [3.05, 3.63) is 162 Å². The minimum Gasteiger partial charge on any atom is -0.489 e. The van der Waals surface area contributed by atoms with Gasteiger partial charge >= 0.3 is 0 Å². The lowest BCUT2D eigenvalue weighted by atomic mass is 10.1. The van der Waals surface area contributed by atoms with Crippen molar-refractivity contribution in [2.45, 2.75) is 18.4 Å². The van der Waals surface area contributed by atoms with E-state index in [0.717, 1.165) is 28.1 Å². The van der Waals surface area contributed by atoms with Crippen molar-refractivity contribution >= 4 is 27.8 Å². The van der Waals surface area contributed by atoms with E-state index in [1.54, 1.807) is 35.2 Å². The fourth-order valence-corrected chi connectivity index (χ4v) is 5.77. The lowest BCUT2D eigenvalue weighted by Gasteiger charge is -2.09. The maximum atomic E-state index is 12.9. The van der Waals surface area contributed by atoms with Crippen molar-refractivity contribution < 1.29 is 17.9 Å². The van der Waals surface area contributed by atoms with E-state index in [4.69, 9.17) is 9.84 Å². The van der Waals surface area contributed by atoms with Crippen LogP contribution in [0.5, 0.6) is 5.75 Å². The molecule has 6 aromatic rings. The van der Waals surface area contributed by atoms with Crippen molar-refractivity contribution in [2.24, 2.45) is 5.10 Å². The van der Waals surface area contributed by atoms with Gasteiger partial charge in [0, 0.05) is 28.6 Å². The summed E-state index contributed by atoms with van der Waals surface area (Å²) in [4.78, 5) is 13.0. The Bertz CT molecular complexity index is 2100. The van der Waals surface area contributed by atoms with E-state index < -0.39 is 15.9 Å². The molecule has 0 fully saturated rings. The summed E-state index contributed by atoms with van der Waals surface area (Å²) in [5, 5.41) is 9.02. The van der Waals surface area contributed by atoms with Gasteiger partial charge in [-0.05, 0) is 85.3 Å². The first-order chi connectivity index (χ1) is 22.8. The molecule has 1 amide bonds. The minimum atomic E-state index is -3.76. The van der Waals surface area contributed by atoms with Crippen LogP contribution >= 0.6 is 0 Å². The van der Waals surface area contributed by atoms with E-state index in [1.165, 1.54) is 24.3 Å². The average molecular weight is 642 g/mol. The molecule has 234 valence electrons. The summed E-state index contributed by atoms with van der Waals surface area (Å²) in [6, 6.07) is 40.0. The molecule has 0 aliphatic heterocycles. The van der Waals surface area contributed by atoms with Gasteiger partial charge in [-0.15, -0.1) is 0 Å². The van der Waals surface area contributed by atoms with E-state index in [1.807, 2.05) is 98.0 Å². The molecule has 0 aliphatic rings. The summed E-state index contributed by atoms with van der Waals surface area (Å²) >= 11 is 0. The summed E-state index contributed by atoms with van der Waals surface area (Å²) in [7, 11) is -3.76. The van der Waals surface area contributed by atoms with Gasteiger partial charge in [-0.3, -0.25) is 9.52 Å². The summed E-state index contributed by atoms with van der Waals surface area (Å²) in [5.74, 6) is 0.280. The number of sulfonamides is 1. The highest BCUT2D eigenvalue weighted by molar-refractivity contribution is 7.92. The summed E-state index contributed by atoms with van der Waals surface area (Å²) in [6.07, 6.45) is 3.39. The number of para-hydroxylation sites is 1. The smallest absolute Gasteiger partial charge is 0.271 e. The number of aryl methyl sites for hydroxylation is 1. The van der Waals surface area contributed by atoms with Crippen LogP contribution in [0.25, 0.3) is 16.9 Å². The molecule has 10 heteroatoms. The van der Waals surface area contributed by atoms with Crippen LogP contribution in [0.15, 0.2) is 150 Å². The Kier molecular flexibility index (Phi) is 9.21. The third-order valence-corrected chi connectivity index (χ3v) is 8.64. The zero-order chi connectivity index (χ0) is 32.6. The van der Waals surface area contributed by atoms with E-state index in [2.05, 4.69) is 15.2 Å². The summed E-state index contributed by atoms with van der Waals surface area (Å²) in [6.45, 7) is 2.35. The molecule has 0 atom stereocenters. The maximum absolute atomic E-state index is 12.9. The third-order valence-electron chi connectivity index (χ3n) is 7.24. The molecule has 0 saturated carbocycles. The van der Waals surface area contributed by atoms with Gasteiger partial charge < -0.3 is 4.74 Å². The maximum Gasteiger partial charge on any atom is 0.271 e. The number of rotatable bonds is 11. The van der Waals surface area contributed by atoms with Crippen LogP contribution in [0.4, 0.5) is 5.69 Å². The first kappa shape index (κ1) is 31.0. The molecule has 2 N–H and O–H groups in total. The number of hydrazone groups is 1. The van der Waals surface area contributed by atoms with Crippen molar-refractivity contribution in [3.63, 3.8) is 0 Å². The lowest BCUT2D eigenvalue weighted by Crippen LogP contribution is -2.18. The monoisotopic (exact) mass is 641 g/mol. The highest BCUT2D eigenvalue weighted by atomic mass is 32.2. The molecular weight excluding hydrogens is 611 g/mol. The van der Waals surface area contributed by atoms with Gasteiger partial charge in [0.05, 0.1) is 16.8 Å². The second-order valence-electron chi connectivity index (χ2n) is 10.7. The highest BCUT2D eigenvalue weighted by Crippen LogP contribution is 2.26. The molecule has 0 saturated heterocycles. The number of nitrogens with one attached hydrogen (secondary N) is 2. The third kappa shape index (κ3) is 7.81. The number of anilines is 1. The molecular formula is C37H31N5O4S. The van der Waals surface area contributed by atoms with Gasteiger partial charge in [-0.2, -0.15) is 10.2 Å². The van der Waals surface area contributed by atoms with Crippen molar-refractivity contribution in [1.29, 1.82) is 0 Å². The van der Waals surface area contributed by atoms with Gasteiger partial charge in [0.2, 0.25) is 0 Å². The molecule has 47 heavy (non-hydrogen) atoms. The number of carbonyl (C=O) groups excluding carboxylic acids is 1. The number of amides is 1. The fraction of sp³-hybridized carbons (Fsp3) is 0.0541. The normalized spacial score (nSPS) is 11.3. The number of benzene rings is 5. The zero-order valence-corrected chi connectivity index (χ0v) is 26.3. The molecule has 1 heterocycles. The van der Waals surface area contributed by atoms with Crippen LogP contribution in [-0.4, -0.2) is 30.3 Å². The van der Waals surface area contributed by atoms with E-state index in [0.29, 0.717) is 29.1 Å². The fourth-order valence-electron chi connectivity index (χ4n) is 4.72. The molecule has 0 spiro atoms. The van der Waals surface area contributed by atoms with Gasteiger partial charge in [-0.25, -0.2) is 18.5 Å². The number of ether oxygens (including phenoxy) is 1. The molecule has 9 nitrogen and oxygen atoms in total. The largest absolute Gasteiger partial charge is 0.489 e. The van der Waals surface area contributed by atoms with E-state index in [9.17, 15) is 13.2 Å². The van der Waals surface area contributed by atoms with Crippen molar-refractivity contribution in [2.75, 3.05) is 4.72 Å². The highest BCUT2D eigenvalue weighted by Gasteiger charge is 2.15. The average Bonchev–Trinajstić information content (AvgIpc) is 3.53. The molecule has 1 aromatic heterocycles. The topological polar surface area (TPSA) is 115 Å². The van der Waals surface area contributed by atoms with E-state index in [-0.39, 0.29) is 4.90 Å². The first-order valence-corrected chi connectivity index (χ1v) is 16.3. The van der Waals surface area contributed by atoms with Crippen molar-refractivity contribution in [3.8, 4) is 22.7 Å². The summed E-state index contributed by atoms with van der Waals surface area (Å²) in [5.41, 5.74) is 8.32. The SMILES string of the molecule is Cc1ccc(S(=O)(=O)Nc2ccc(C(=O)N/N=C/c3cn(-c4ccccc4)nc3-c3ccc(OCc4ccccc4)cc3)cc2)cc1. The van der Waals surface area contributed by atoms with Crippen LogP contribution in [-0.2, 0) is 16.6 Å². The Morgan fingerprint density at radius 1 is 0.830 bits per heavy atom. The standard InChI is InChI=1S/C37H31N5O4S/c1-27-12-22-35(23-13-27)47(44,45)41-32-18-14-30(15-19-32)37(43)39-38-24-31-25-42(33-10-6-3-7-11-33)40-36(31)29-16-20-34(21-17-29)46-26-28-8-4-2-5-9-28/h2-25,41H,26H2,1H3,(H,39,43)/b38-24+. The van der Waals surface area contributed by atoms with Crippen LogP contribution in [0.1, 0.15) is 27.0 Å². The second kappa shape index (κ2) is 14.0. The summed E-state index contributed by atoms with van der Waals surface area (Å²) < 4.78 is 35.6. The van der Waals surface area contributed by atoms with Crippen LogP contribution < -0.4 is 14.9 Å². The van der Waals surface area contributed by atoms with Crippen LogP contribution in [0, 0.1) is 6.92 Å². The molecule has 6 rings (SSSR count). The van der Waals surface area contributed by atoms with Crippen molar-refractivity contribution in [1.82, 2.24) is 15.2 Å². The Hall–Kier alpha value is -6.00. The first-order valence-electron chi connectivity index (χ1n) is 14.8. The number of nitrogens with zero attached hydrogens (tertiary/aromatic N) is 3. The number of aromatic nitrogens is 2. The lowest BCUT2D eigenvalue weighted by molar-refractivity contribution is 0.0955. The van der Waals surface area contributed by atoms with E-state index >= 15 is 0 Å². The predicted octanol–water partition coefficient (Wildman–Crippen LogP) is 6.99. The molecule has 0 radical (unpaired) electrons. The predicted molar refractivity (Wildman–Crippen MR) is 183 cm³/mol. The Morgan fingerprint density at radius 2 is 1.49 bits per heavy atom. The number of hydrogen-bond donors (Lipinski definition) is 2. The Morgan fingerprint density at radius 3 is 2.17 bits per heavy atom. The molecule has 0 unspecified atom stereocenters. The zero-order valence-electron chi connectivity index (χ0n) is 25.4. The number of carbonyl (C=O) groups is 1. The molecule has 0 bridgehead atoms. The quantitative estimate of drug-likeness (QED) is 0.117. The van der Waals surface area contributed by atoms with Gasteiger partial charge in [0.1, 0.15) is 18.1 Å². The second-order valence-corrected chi connectivity index (χ2v) is 12.4. The van der Waals surface area contributed by atoms with Gasteiger partial charge in [0.25, 0.3) is 15.9 Å². The van der Waals surface area contributed by atoms with Gasteiger partial charge in [-0.1, -0.05) is 66.2 Å². The minimum absolute atomic E-state index is 0.154. The Balaban J connectivity index is 1.15. The van der Waals surface area contributed by atoms with Gasteiger partial charge in [0.15, 0.2) is 0 Å². The van der Waals surface area contributed by atoms with Crippen LogP contribution in [0.3, 0.4) is 0 Å².